The van der Waals surface area contributed by atoms with E-state index in [4.69, 9.17) is 4.74 Å². The standard InChI is InChI=1S/C23H24N4OS/c1-28-21-13-11-20(12-14-21)27-22(17-7-3-2-4-8-17)25-26-23(27)29-16-19-10-6-5-9-18(19)15-24/h5-6,9-14,17H,2-4,7-8,16H2,1H3. The molecule has 0 aliphatic heterocycles. The molecule has 2 aromatic carbocycles. The van der Waals surface area contributed by atoms with Gasteiger partial charge in [-0.15, -0.1) is 10.2 Å². The second-order valence-electron chi connectivity index (χ2n) is 7.27. The van der Waals surface area contributed by atoms with Crippen LogP contribution in [-0.4, -0.2) is 21.9 Å². The Labute approximate surface area is 175 Å². The molecule has 1 fully saturated rings. The van der Waals surface area contributed by atoms with Gasteiger partial charge in [-0.25, -0.2) is 0 Å². The van der Waals surface area contributed by atoms with E-state index in [1.807, 2.05) is 36.4 Å². The highest BCUT2D eigenvalue weighted by Gasteiger charge is 2.24. The van der Waals surface area contributed by atoms with Crippen molar-refractivity contribution in [3.63, 3.8) is 0 Å². The number of ether oxygens (including phenoxy) is 1. The van der Waals surface area contributed by atoms with Crippen molar-refractivity contribution in [2.45, 2.75) is 48.9 Å². The van der Waals surface area contributed by atoms with E-state index in [-0.39, 0.29) is 0 Å². The molecule has 0 bridgehead atoms. The third-order valence-corrected chi connectivity index (χ3v) is 6.43. The summed E-state index contributed by atoms with van der Waals surface area (Å²) in [5.74, 6) is 3.01. The summed E-state index contributed by atoms with van der Waals surface area (Å²) in [5, 5.41) is 19.4. The van der Waals surface area contributed by atoms with Gasteiger partial charge in [0, 0.05) is 17.4 Å². The predicted molar refractivity (Wildman–Crippen MR) is 114 cm³/mol. The van der Waals surface area contributed by atoms with Gasteiger partial charge in [-0.2, -0.15) is 5.26 Å². The van der Waals surface area contributed by atoms with Crippen molar-refractivity contribution >= 4 is 11.8 Å². The van der Waals surface area contributed by atoms with Gasteiger partial charge in [0.25, 0.3) is 0 Å². The number of hydrogen-bond donors (Lipinski definition) is 0. The van der Waals surface area contributed by atoms with Crippen LogP contribution in [0.5, 0.6) is 5.75 Å². The summed E-state index contributed by atoms with van der Waals surface area (Å²) in [6, 6.07) is 18.1. The number of aromatic nitrogens is 3. The molecule has 29 heavy (non-hydrogen) atoms. The van der Waals surface area contributed by atoms with Crippen LogP contribution in [-0.2, 0) is 5.75 Å². The Kier molecular flexibility index (Phi) is 6.16. The van der Waals surface area contributed by atoms with Crippen molar-refractivity contribution in [3.05, 3.63) is 65.5 Å². The zero-order valence-corrected chi connectivity index (χ0v) is 17.4. The third kappa shape index (κ3) is 4.30. The van der Waals surface area contributed by atoms with Crippen LogP contribution in [0, 0.1) is 11.3 Å². The summed E-state index contributed by atoms with van der Waals surface area (Å²) in [6.07, 6.45) is 6.13. The number of benzene rings is 2. The van der Waals surface area contributed by atoms with Crippen LogP contribution >= 0.6 is 11.8 Å². The average molecular weight is 405 g/mol. The van der Waals surface area contributed by atoms with Crippen LogP contribution in [0.2, 0.25) is 0 Å². The van der Waals surface area contributed by atoms with Crippen molar-refractivity contribution in [1.82, 2.24) is 14.8 Å². The summed E-state index contributed by atoms with van der Waals surface area (Å²) in [7, 11) is 1.68. The van der Waals surface area contributed by atoms with Crippen molar-refractivity contribution in [2.75, 3.05) is 7.11 Å². The van der Waals surface area contributed by atoms with E-state index < -0.39 is 0 Å². The fourth-order valence-corrected chi connectivity index (χ4v) is 4.83. The molecule has 1 saturated carbocycles. The van der Waals surface area contributed by atoms with Gasteiger partial charge in [0.2, 0.25) is 0 Å². The third-order valence-electron chi connectivity index (χ3n) is 5.45. The van der Waals surface area contributed by atoms with Crippen LogP contribution in [0.15, 0.2) is 53.7 Å². The van der Waals surface area contributed by atoms with Gasteiger partial charge in [-0.05, 0) is 48.7 Å². The first kappa shape index (κ1) is 19.5. The Morgan fingerprint density at radius 1 is 1.07 bits per heavy atom. The average Bonchev–Trinajstić information content (AvgIpc) is 3.22. The van der Waals surface area contributed by atoms with E-state index in [9.17, 15) is 5.26 Å². The van der Waals surface area contributed by atoms with Gasteiger partial charge in [0.05, 0.1) is 18.7 Å². The molecule has 1 aromatic heterocycles. The second kappa shape index (κ2) is 9.15. The summed E-state index contributed by atoms with van der Waals surface area (Å²) >= 11 is 1.63. The lowest BCUT2D eigenvalue weighted by Gasteiger charge is -2.22. The maximum Gasteiger partial charge on any atom is 0.196 e. The van der Waals surface area contributed by atoms with Gasteiger partial charge in [0.1, 0.15) is 11.6 Å². The zero-order valence-electron chi connectivity index (χ0n) is 16.5. The predicted octanol–water partition coefficient (Wildman–Crippen LogP) is 5.49. The molecule has 3 aromatic rings. The fraction of sp³-hybridized carbons (Fsp3) is 0.348. The van der Waals surface area contributed by atoms with Crippen molar-refractivity contribution in [2.24, 2.45) is 0 Å². The minimum Gasteiger partial charge on any atom is -0.497 e. The molecule has 4 rings (SSSR count). The summed E-state index contributed by atoms with van der Waals surface area (Å²) in [5.41, 5.74) is 2.78. The fourth-order valence-electron chi connectivity index (χ4n) is 3.87. The Balaban J connectivity index is 1.67. The summed E-state index contributed by atoms with van der Waals surface area (Å²) in [6.45, 7) is 0. The number of methoxy groups -OCH3 is 1. The Morgan fingerprint density at radius 3 is 2.55 bits per heavy atom. The number of rotatable bonds is 6. The topological polar surface area (TPSA) is 63.7 Å². The molecule has 0 radical (unpaired) electrons. The Hall–Kier alpha value is -2.78. The van der Waals surface area contributed by atoms with E-state index >= 15 is 0 Å². The maximum absolute atomic E-state index is 9.37. The highest BCUT2D eigenvalue weighted by atomic mass is 32.2. The largest absolute Gasteiger partial charge is 0.497 e. The van der Waals surface area contributed by atoms with Crippen molar-refractivity contribution in [1.29, 1.82) is 5.26 Å². The molecular weight excluding hydrogens is 380 g/mol. The van der Waals surface area contributed by atoms with Crippen LogP contribution in [0.3, 0.4) is 0 Å². The van der Waals surface area contributed by atoms with E-state index in [1.54, 1.807) is 18.9 Å². The normalized spacial score (nSPS) is 14.5. The molecule has 1 heterocycles. The van der Waals surface area contributed by atoms with Gasteiger partial charge in [0.15, 0.2) is 5.16 Å². The molecule has 0 spiro atoms. The number of hydrogen-bond acceptors (Lipinski definition) is 5. The molecule has 0 N–H and O–H groups in total. The van der Waals surface area contributed by atoms with Crippen molar-refractivity contribution < 1.29 is 4.74 Å². The number of nitriles is 1. The van der Waals surface area contributed by atoms with Gasteiger partial charge in [-0.1, -0.05) is 49.2 Å². The lowest BCUT2D eigenvalue weighted by Crippen LogP contribution is -2.12. The lowest BCUT2D eigenvalue weighted by atomic mass is 9.88. The quantitative estimate of drug-likeness (QED) is 0.509. The molecule has 0 amide bonds. The van der Waals surface area contributed by atoms with Crippen LogP contribution < -0.4 is 4.74 Å². The Morgan fingerprint density at radius 2 is 1.83 bits per heavy atom. The maximum atomic E-state index is 9.37. The monoisotopic (exact) mass is 404 g/mol. The second-order valence-corrected chi connectivity index (χ2v) is 8.21. The van der Waals surface area contributed by atoms with Crippen LogP contribution in [0.4, 0.5) is 0 Å². The smallest absolute Gasteiger partial charge is 0.196 e. The molecular formula is C23H24N4OS. The molecule has 0 unspecified atom stereocenters. The van der Waals surface area contributed by atoms with E-state index in [1.165, 1.54) is 19.3 Å². The molecule has 5 nitrogen and oxygen atoms in total. The minimum absolute atomic E-state index is 0.444. The molecule has 148 valence electrons. The number of thioether (sulfide) groups is 1. The number of nitrogens with zero attached hydrogens (tertiary/aromatic N) is 4. The lowest BCUT2D eigenvalue weighted by molar-refractivity contribution is 0.414. The van der Waals surface area contributed by atoms with Gasteiger partial charge >= 0.3 is 0 Å². The van der Waals surface area contributed by atoms with Gasteiger partial charge < -0.3 is 4.74 Å². The zero-order chi connectivity index (χ0) is 20.1. The SMILES string of the molecule is COc1ccc(-n2c(SCc3ccccc3C#N)nnc2C2CCCCC2)cc1. The van der Waals surface area contributed by atoms with E-state index in [0.29, 0.717) is 17.2 Å². The first-order valence-electron chi connectivity index (χ1n) is 10.0. The highest BCUT2D eigenvalue weighted by molar-refractivity contribution is 7.98. The van der Waals surface area contributed by atoms with Crippen molar-refractivity contribution in [3.8, 4) is 17.5 Å². The molecule has 0 saturated heterocycles. The van der Waals surface area contributed by atoms with E-state index in [0.717, 1.165) is 40.8 Å². The minimum atomic E-state index is 0.444. The van der Waals surface area contributed by atoms with Crippen LogP contribution in [0.1, 0.15) is 55.0 Å². The Bertz CT molecular complexity index is 1000. The van der Waals surface area contributed by atoms with Gasteiger partial charge in [-0.3, -0.25) is 4.57 Å². The first-order chi connectivity index (χ1) is 14.3. The summed E-state index contributed by atoms with van der Waals surface area (Å²) < 4.78 is 7.51. The highest BCUT2D eigenvalue weighted by Crippen LogP contribution is 2.36. The van der Waals surface area contributed by atoms with Crippen LogP contribution in [0.25, 0.3) is 5.69 Å². The first-order valence-corrected chi connectivity index (χ1v) is 11.0. The molecule has 6 heteroatoms. The molecule has 1 aliphatic rings. The van der Waals surface area contributed by atoms with E-state index in [2.05, 4.69) is 33.0 Å². The molecule has 1 aliphatic carbocycles. The molecule has 0 atom stereocenters. The summed E-state index contributed by atoms with van der Waals surface area (Å²) in [4.78, 5) is 0.